The van der Waals surface area contributed by atoms with Crippen molar-refractivity contribution in [3.63, 3.8) is 0 Å². The van der Waals surface area contributed by atoms with Gasteiger partial charge in [-0.15, -0.1) is 0 Å². The minimum atomic E-state index is 0.162. The quantitative estimate of drug-likeness (QED) is 0.852. The minimum absolute atomic E-state index is 0.162. The highest BCUT2D eigenvalue weighted by Crippen LogP contribution is 2.22. The third-order valence-electron chi connectivity index (χ3n) is 4.23. The molecule has 1 aromatic rings. The van der Waals surface area contributed by atoms with Crippen molar-refractivity contribution >= 4 is 17.7 Å². The smallest absolute Gasteiger partial charge is 0.227 e. The first-order chi connectivity index (χ1) is 10.2. The van der Waals surface area contributed by atoms with Crippen LogP contribution in [0, 0.1) is 12.8 Å². The Labute approximate surface area is 130 Å². The van der Waals surface area contributed by atoms with Crippen LogP contribution >= 0.6 is 11.8 Å². The van der Waals surface area contributed by atoms with Crippen molar-refractivity contribution in [1.82, 2.24) is 14.8 Å². The number of thioether (sulfide) groups is 1. The largest absolute Gasteiger partial charge is 0.449 e. The van der Waals surface area contributed by atoms with E-state index in [1.807, 2.05) is 18.7 Å². The molecule has 1 atom stereocenters. The average molecular weight is 309 g/mol. The third kappa shape index (κ3) is 3.80. The van der Waals surface area contributed by atoms with Crippen LogP contribution < -0.4 is 0 Å². The number of piperidine rings is 1. The van der Waals surface area contributed by atoms with E-state index in [4.69, 9.17) is 4.42 Å². The summed E-state index contributed by atoms with van der Waals surface area (Å²) in [7, 11) is 0. The molecule has 2 fully saturated rings. The summed E-state index contributed by atoms with van der Waals surface area (Å²) in [6.45, 7) is 6.39. The van der Waals surface area contributed by atoms with Crippen LogP contribution in [-0.4, -0.2) is 58.4 Å². The van der Waals surface area contributed by atoms with Gasteiger partial charge in [0.25, 0.3) is 0 Å². The molecule has 6 heteroatoms. The van der Waals surface area contributed by atoms with Crippen LogP contribution in [0.25, 0.3) is 0 Å². The molecule has 2 aliphatic heterocycles. The van der Waals surface area contributed by atoms with E-state index in [-0.39, 0.29) is 5.92 Å². The Hall–Kier alpha value is -1.01. The molecule has 0 spiro atoms. The molecule has 0 radical (unpaired) electrons. The van der Waals surface area contributed by atoms with Crippen molar-refractivity contribution < 1.29 is 9.21 Å². The molecule has 116 valence electrons. The number of carbonyl (C=O) groups excluding carboxylic acids is 1. The predicted molar refractivity (Wildman–Crippen MR) is 83.1 cm³/mol. The molecule has 0 N–H and O–H groups in total. The zero-order valence-corrected chi connectivity index (χ0v) is 13.4. The zero-order chi connectivity index (χ0) is 14.7. The van der Waals surface area contributed by atoms with E-state index in [0.717, 1.165) is 62.8 Å². The first-order valence-electron chi connectivity index (χ1n) is 7.72. The highest BCUT2D eigenvalue weighted by Gasteiger charge is 2.30. The van der Waals surface area contributed by atoms with Crippen LogP contribution in [-0.2, 0) is 11.3 Å². The molecule has 3 rings (SSSR count). The molecular weight excluding hydrogens is 286 g/mol. The summed E-state index contributed by atoms with van der Waals surface area (Å²) >= 11 is 1.94. The average Bonchev–Trinajstić information content (AvgIpc) is 2.93. The summed E-state index contributed by atoms with van der Waals surface area (Å²) in [5.74, 6) is 3.40. The van der Waals surface area contributed by atoms with Gasteiger partial charge in [0.1, 0.15) is 6.26 Å². The van der Waals surface area contributed by atoms with Crippen LogP contribution in [0.1, 0.15) is 24.4 Å². The van der Waals surface area contributed by atoms with E-state index in [1.54, 1.807) is 6.26 Å². The van der Waals surface area contributed by atoms with Gasteiger partial charge in [0.05, 0.1) is 11.6 Å². The lowest BCUT2D eigenvalue weighted by atomic mass is 9.96. The maximum atomic E-state index is 12.6. The summed E-state index contributed by atoms with van der Waals surface area (Å²) < 4.78 is 5.26. The van der Waals surface area contributed by atoms with Crippen LogP contribution in [0.2, 0.25) is 0 Å². The standard InChI is InChI=1S/C15H23N3O2S/c1-12-16-14(11-20-12)10-17-4-2-3-13(9-17)15(19)18-5-7-21-8-6-18/h11,13H,2-10H2,1H3. The number of hydrogen-bond donors (Lipinski definition) is 0. The Balaban J connectivity index is 1.56. The fourth-order valence-corrected chi connectivity index (χ4v) is 4.06. The lowest BCUT2D eigenvalue weighted by Crippen LogP contribution is -2.47. The summed E-state index contributed by atoms with van der Waals surface area (Å²) in [6, 6.07) is 0. The van der Waals surface area contributed by atoms with E-state index in [1.165, 1.54) is 0 Å². The van der Waals surface area contributed by atoms with Gasteiger partial charge in [-0.25, -0.2) is 4.98 Å². The molecule has 0 aliphatic carbocycles. The minimum Gasteiger partial charge on any atom is -0.449 e. The maximum Gasteiger partial charge on any atom is 0.227 e. The molecular formula is C15H23N3O2S. The number of carbonyl (C=O) groups is 1. The van der Waals surface area contributed by atoms with E-state index in [9.17, 15) is 4.79 Å². The molecule has 2 saturated heterocycles. The SMILES string of the molecule is Cc1nc(CN2CCCC(C(=O)N3CCSCC3)C2)co1. The van der Waals surface area contributed by atoms with Crippen molar-refractivity contribution in [3.05, 3.63) is 17.8 Å². The molecule has 5 nitrogen and oxygen atoms in total. The number of aryl methyl sites for hydroxylation is 1. The summed E-state index contributed by atoms with van der Waals surface area (Å²) in [5, 5.41) is 0. The summed E-state index contributed by atoms with van der Waals surface area (Å²) in [5.41, 5.74) is 0.968. The van der Waals surface area contributed by atoms with E-state index < -0.39 is 0 Å². The number of nitrogens with zero attached hydrogens (tertiary/aromatic N) is 3. The van der Waals surface area contributed by atoms with Crippen LogP contribution in [0.3, 0.4) is 0 Å². The number of hydrogen-bond acceptors (Lipinski definition) is 5. The first-order valence-corrected chi connectivity index (χ1v) is 8.88. The topological polar surface area (TPSA) is 49.6 Å². The molecule has 1 aromatic heterocycles. The Kier molecular flexibility index (Phi) is 4.85. The van der Waals surface area contributed by atoms with Gasteiger partial charge in [-0.05, 0) is 19.4 Å². The van der Waals surface area contributed by atoms with E-state index in [2.05, 4.69) is 14.8 Å². The van der Waals surface area contributed by atoms with Gasteiger partial charge in [0, 0.05) is 44.6 Å². The van der Waals surface area contributed by atoms with Gasteiger partial charge in [-0.1, -0.05) is 0 Å². The van der Waals surface area contributed by atoms with Crippen molar-refractivity contribution in [2.24, 2.45) is 5.92 Å². The van der Waals surface area contributed by atoms with Gasteiger partial charge in [0.2, 0.25) is 5.91 Å². The monoisotopic (exact) mass is 309 g/mol. The fraction of sp³-hybridized carbons (Fsp3) is 0.733. The lowest BCUT2D eigenvalue weighted by molar-refractivity contribution is -0.137. The van der Waals surface area contributed by atoms with Gasteiger partial charge < -0.3 is 9.32 Å². The van der Waals surface area contributed by atoms with Crippen LogP contribution in [0.4, 0.5) is 0 Å². The number of rotatable bonds is 3. The number of aromatic nitrogens is 1. The Morgan fingerprint density at radius 2 is 2.24 bits per heavy atom. The molecule has 21 heavy (non-hydrogen) atoms. The second kappa shape index (κ2) is 6.83. The molecule has 2 aliphatic rings. The van der Waals surface area contributed by atoms with Gasteiger partial charge in [-0.3, -0.25) is 9.69 Å². The Bertz CT molecular complexity index is 485. The van der Waals surface area contributed by atoms with Crippen molar-refractivity contribution in [2.45, 2.75) is 26.3 Å². The molecule has 0 bridgehead atoms. The van der Waals surface area contributed by atoms with Crippen LogP contribution in [0.15, 0.2) is 10.7 Å². The van der Waals surface area contributed by atoms with Gasteiger partial charge >= 0.3 is 0 Å². The highest BCUT2D eigenvalue weighted by atomic mass is 32.2. The van der Waals surface area contributed by atoms with Crippen molar-refractivity contribution in [3.8, 4) is 0 Å². The zero-order valence-electron chi connectivity index (χ0n) is 12.6. The van der Waals surface area contributed by atoms with E-state index in [0.29, 0.717) is 11.8 Å². The number of oxazole rings is 1. The van der Waals surface area contributed by atoms with Crippen molar-refractivity contribution in [2.75, 3.05) is 37.7 Å². The van der Waals surface area contributed by atoms with Crippen molar-refractivity contribution in [1.29, 1.82) is 0 Å². The third-order valence-corrected chi connectivity index (χ3v) is 5.17. The Morgan fingerprint density at radius 3 is 2.95 bits per heavy atom. The molecule has 1 unspecified atom stereocenters. The van der Waals surface area contributed by atoms with Gasteiger partial charge in [0.15, 0.2) is 5.89 Å². The molecule has 0 saturated carbocycles. The second-order valence-corrected chi connectivity index (χ2v) is 7.09. The predicted octanol–water partition coefficient (Wildman–Crippen LogP) is 1.77. The summed E-state index contributed by atoms with van der Waals surface area (Å²) in [4.78, 5) is 21.4. The van der Waals surface area contributed by atoms with Gasteiger partial charge in [-0.2, -0.15) is 11.8 Å². The fourth-order valence-electron chi connectivity index (χ4n) is 3.15. The van der Waals surface area contributed by atoms with Crippen LogP contribution in [0.5, 0.6) is 0 Å². The first kappa shape index (κ1) is 14.9. The molecule has 3 heterocycles. The van der Waals surface area contributed by atoms with E-state index >= 15 is 0 Å². The highest BCUT2D eigenvalue weighted by molar-refractivity contribution is 7.99. The molecule has 1 amide bonds. The Morgan fingerprint density at radius 1 is 1.43 bits per heavy atom. The number of likely N-dealkylation sites (tertiary alicyclic amines) is 1. The number of amides is 1. The lowest BCUT2D eigenvalue weighted by Gasteiger charge is -2.35. The normalized spacial score (nSPS) is 24.2. The summed E-state index contributed by atoms with van der Waals surface area (Å²) in [6.07, 6.45) is 3.84. The maximum absolute atomic E-state index is 12.6. The molecule has 0 aromatic carbocycles. The second-order valence-electron chi connectivity index (χ2n) is 5.87.